The summed E-state index contributed by atoms with van der Waals surface area (Å²) >= 11 is 0. The van der Waals surface area contributed by atoms with Crippen molar-refractivity contribution in [3.8, 4) is 0 Å². The molecule has 2 heteroatoms. The van der Waals surface area contributed by atoms with Crippen molar-refractivity contribution < 1.29 is 9.47 Å². The molecule has 0 N–H and O–H groups in total. The summed E-state index contributed by atoms with van der Waals surface area (Å²) < 4.78 is 10.9. The van der Waals surface area contributed by atoms with E-state index in [0.29, 0.717) is 0 Å². The minimum absolute atomic E-state index is 0.0723. The smallest absolute Gasteiger partial charge is 0.158 e. The third-order valence-corrected chi connectivity index (χ3v) is 2.14. The molecule has 2 bridgehead atoms. The van der Waals surface area contributed by atoms with Gasteiger partial charge in [0, 0.05) is 0 Å². The molecule has 9 heavy (non-hydrogen) atoms. The van der Waals surface area contributed by atoms with E-state index in [0.717, 1.165) is 13.0 Å². The zero-order valence-corrected chi connectivity index (χ0v) is 5.72. The lowest BCUT2D eigenvalue weighted by Gasteiger charge is -2.26. The van der Waals surface area contributed by atoms with E-state index in [1.807, 2.05) is 0 Å². The molecule has 2 nitrogen and oxygen atoms in total. The molecule has 0 unspecified atom stereocenters. The Bertz CT molecular complexity index is 120. The van der Waals surface area contributed by atoms with E-state index >= 15 is 0 Å². The first kappa shape index (κ1) is 5.69. The number of ether oxygens (including phenoxy) is 2. The van der Waals surface area contributed by atoms with Crippen molar-refractivity contribution in [2.45, 2.75) is 38.1 Å². The molecule has 0 aliphatic carbocycles. The first-order chi connectivity index (χ1) is 4.29. The second kappa shape index (κ2) is 1.70. The third-order valence-electron chi connectivity index (χ3n) is 2.14. The van der Waals surface area contributed by atoms with Gasteiger partial charge in [-0.05, 0) is 26.2 Å². The van der Waals surface area contributed by atoms with Gasteiger partial charge in [-0.15, -0.1) is 0 Å². The van der Waals surface area contributed by atoms with Crippen LogP contribution in [0.3, 0.4) is 0 Å². The van der Waals surface area contributed by atoms with Crippen molar-refractivity contribution in [3.05, 3.63) is 0 Å². The Morgan fingerprint density at radius 1 is 1.56 bits per heavy atom. The molecule has 2 saturated heterocycles. The zero-order valence-electron chi connectivity index (χ0n) is 5.72. The van der Waals surface area contributed by atoms with Gasteiger partial charge in [-0.3, -0.25) is 0 Å². The molecule has 2 aliphatic heterocycles. The molecule has 0 spiro atoms. The highest BCUT2D eigenvalue weighted by atomic mass is 16.7. The molecule has 2 heterocycles. The Kier molecular flexibility index (Phi) is 1.08. The summed E-state index contributed by atoms with van der Waals surface area (Å²) in [5, 5.41) is 0. The van der Waals surface area contributed by atoms with Gasteiger partial charge in [0.15, 0.2) is 6.29 Å². The van der Waals surface area contributed by atoms with Crippen LogP contribution in [0.15, 0.2) is 0 Å². The summed E-state index contributed by atoms with van der Waals surface area (Å²) in [7, 11) is 0. The quantitative estimate of drug-likeness (QED) is 0.489. The van der Waals surface area contributed by atoms with Gasteiger partial charge in [0.1, 0.15) is 0 Å². The lowest BCUT2D eigenvalue weighted by atomic mass is 9.99. The van der Waals surface area contributed by atoms with E-state index in [4.69, 9.17) is 9.47 Å². The molecular formula is C7H12O2. The molecule has 2 atom stereocenters. The van der Waals surface area contributed by atoms with Crippen LogP contribution in [0.25, 0.3) is 0 Å². The lowest BCUT2D eigenvalue weighted by molar-refractivity contribution is -0.113. The molecule has 0 aromatic carbocycles. The maximum Gasteiger partial charge on any atom is 0.158 e. The van der Waals surface area contributed by atoms with Gasteiger partial charge in [0.25, 0.3) is 0 Å². The van der Waals surface area contributed by atoms with Crippen LogP contribution >= 0.6 is 0 Å². The molecule has 0 saturated carbocycles. The summed E-state index contributed by atoms with van der Waals surface area (Å²) in [6.07, 6.45) is 3.66. The molecule has 0 radical (unpaired) electrons. The molecule has 0 amide bonds. The summed E-state index contributed by atoms with van der Waals surface area (Å²) in [6.45, 7) is 2.93. The van der Waals surface area contributed by atoms with Crippen molar-refractivity contribution in [2.24, 2.45) is 0 Å². The van der Waals surface area contributed by atoms with Crippen LogP contribution < -0.4 is 0 Å². The van der Waals surface area contributed by atoms with E-state index in [1.165, 1.54) is 12.8 Å². The predicted molar refractivity (Wildman–Crippen MR) is 33.1 cm³/mol. The minimum atomic E-state index is 0.0723. The maximum absolute atomic E-state index is 5.56. The first-order valence-corrected chi connectivity index (χ1v) is 3.58. The summed E-state index contributed by atoms with van der Waals surface area (Å²) in [4.78, 5) is 0. The van der Waals surface area contributed by atoms with Crippen LogP contribution in [0.4, 0.5) is 0 Å². The van der Waals surface area contributed by atoms with Crippen molar-refractivity contribution in [2.75, 3.05) is 6.61 Å². The van der Waals surface area contributed by atoms with Gasteiger partial charge < -0.3 is 9.47 Å². The van der Waals surface area contributed by atoms with Gasteiger partial charge in [-0.2, -0.15) is 0 Å². The standard InChI is InChI=1S/C7H12O2/c1-7-4-2-3-6(9-7)8-5-7/h6H,2-5H2,1H3/t6-,7-/m1/s1. The van der Waals surface area contributed by atoms with Gasteiger partial charge in [0.2, 0.25) is 0 Å². The molecule has 52 valence electrons. The van der Waals surface area contributed by atoms with E-state index in [1.54, 1.807) is 0 Å². The molecule has 0 aromatic rings. The van der Waals surface area contributed by atoms with Gasteiger partial charge >= 0.3 is 0 Å². The molecular weight excluding hydrogens is 116 g/mol. The topological polar surface area (TPSA) is 18.5 Å². The maximum atomic E-state index is 5.56. The van der Waals surface area contributed by atoms with Crippen molar-refractivity contribution in [1.29, 1.82) is 0 Å². The number of fused-ring (bicyclic) bond motifs is 2. The Morgan fingerprint density at radius 2 is 2.44 bits per heavy atom. The highest BCUT2D eigenvalue weighted by Crippen LogP contribution is 2.34. The SMILES string of the molecule is C[C@@]12CCC[C@H](OC1)O2. The fraction of sp³-hybridized carbons (Fsp3) is 1.00. The van der Waals surface area contributed by atoms with Gasteiger partial charge in [-0.25, -0.2) is 0 Å². The van der Waals surface area contributed by atoms with Crippen LogP contribution in [0.1, 0.15) is 26.2 Å². The number of hydrogen-bond acceptors (Lipinski definition) is 2. The summed E-state index contributed by atoms with van der Waals surface area (Å²) in [5.74, 6) is 0. The second-order valence-corrected chi connectivity index (χ2v) is 3.20. The third kappa shape index (κ3) is 0.864. The molecule has 2 rings (SSSR count). The zero-order chi connectivity index (χ0) is 6.32. The van der Waals surface area contributed by atoms with Crippen molar-refractivity contribution in [3.63, 3.8) is 0 Å². The highest BCUT2D eigenvalue weighted by Gasteiger charge is 2.39. The van der Waals surface area contributed by atoms with Gasteiger partial charge in [0.05, 0.1) is 12.2 Å². The Hall–Kier alpha value is -0.0800. The van der Waals surface area contributed by atoms with Crippen molar-refractivity contribution in [1.82, 2.24) is 0 Å². The Morgan fingerprint density at radius 3 is 3.11 bits per heavy atom. The van der Waals surface area contributed by atoms with Crippen LogP contribution in [-0.4, -0.2) is 18.5 Å². The summed E-state index contributed by atoms with van der Waals surface area (Å²) in [5.41, 5.74) is 0.0723. The molecule has 0 aromatic heterocycles. The second-order valence-electron chi connectivity index (χ2n) is 3.20. The fourth-order valence-corrected chi connectivity index (χ4v) is 1.57. The van der Waals surface area contributed by atoms with Crippen LogP contribution in [0.2, 0.25) is 0 Å². The predicted octanol–water partition coefficient (Wildman–Crippen LogP) is 1.30. The molecule has 2 aliphatic rings. The van der Waals surface area contributed by atoms with E-state index in [-0.39, 0.29) is 11.9 Å². The Balaban J connectivity index is 2.13. The normalized spacial score (nSPS) is 49.7. The van der Waals surface area contributed by atoms with Crippen LogP contribution in [-0.2, 0) is 9.47 Å². The largest absolute Gasteiger partial charge is 0.350 e. The van der Waals surface area contributed by atoms with Gasteiger partial charge in [-0.1, -0.05) is 0 Å². The lowest BCUT2D eigenvalue weighted by Crippen LogP contribution is -2.31. The summed E-state index contributed by atoms with van der Waals surface area (Å²) in [6, 6.07) is 0. The van der Waals surface area contributed by atoms with Crippen molar-refractivity contribution >= 4 is 0 Å². The van der Waals surface area contributed by atoms with E-state index in [2.05, 4.69) is 6.92 Å². The van der Waals surface area contributed by atoms with Crippen LogP contribution in [0.5, 0.6) is 0 Å². The highest BCUT2D eigenvalue weighted by molar-refractivity contribution is 4.84. The fourth-order valence-electron chi connectivity index (χ4n) is 1.57. The Labute approximate surface area is 55.1 Å². The monoisotopic (exact) mass is 128 g/mol. The molecule has 2 fully saturated rings. The average molecular weight is 128 g/mol. The minimum Gasteiger partial charge on any atom is -0.350 e. The first-order valence-electron chi connectivity index (χ1n) is 3.58. The number of hydrogen-bond donors (Lipinski definition) is 0. The van der Waals surface area contributed by atoms with Crippen LogP contribution in [0, 0.1) is 0 Å². The number of rotatable bonds is 0. The van der Waals surface area contributed by atoms with E-state index < -0.39 is 0 Å². The van der Waals surface area contributed by atoms with E-state index in [9.17, 15) is 0 Å². The average Bonchev–Trinajstić information content (AvgIpc) is 2.07.